The number of benzene rings is 1. The van der Waals surface area contributed by atoms with Gasteiger partial charge in [0.2, 0.25) is 5.91 Å². The lowest BCUT2D eigenvalue weighted by Crippen LogP contribution is -2.39. The topological polar surface area (TPSA) is 58.4 Å². The molecule has 1 saturated heterocycles. The van der Waals surface area contributed by atoms with Crippen LogP contribution in [0.1, 0.15) is 19.3 Å². The highest BCUT2D eigenvalue weighted by Gasteiger charge is 2.20. The molecule has 4 nitrogen and oxygen atoms in total. The van der Waals surface area contributed by atoms with Crippen LogP contribution in [0.4, 0.5) is 5.69 Å². The molecule has 0 spiro atoms. The molecule has 1 fully saturated rings. The fourth-order valence-corrected chi connectivity index (χ4v) is 3.04. The zero-order valence-corrected chi connectivity index (χ0v) is 13.2. The van der Waals surface area contributed by atoms with Crippen LogP contribution in [0.2, 0.25) is 0 Å². The average Bonchev–Trinajstić information content (AvgIpc) is 2.41. The van der Waals surface area contributed by atoms with Crippen LogP contribution in [0, 0.1) is 5.92 Å². The van der Waals surface area contributed by atoms with Crippen molar-refractivity contribution in [1.29, 1.82) is 0 Å². The number of rotatable bonds is 5. The number of carbonyl (C=O) groups is 1. The maximum absolute atomic E-state index is 12.0. The number of halogens is 1. The van der Waals surface area contributed by atoms with E-state index in [0.29, 0.717) is 6.54 Å². The summed E-state index contributed by atoms with van der Waals surface area (Å²) in [5.74, 6) is 0.796. The van der Waals surface area contributed by atoms with Gasteiger partial charge in [0.1, 0.15) is 0 Å². The third-order valence-electron chi connectivity index (χ3n) is 3.76. The van der Waals surface area contributed by atoms with Crippen molar-refractivity contribution in [3.8, 4) is 0 Å². The Morgan fingerprint density at radius 2 is 2.15 bits per heavy atom. The molecule has 20 heavy (non-hydrogen) atoms. The molecule has 0 bridgehead atoms. The number of nitrogens with zero attached hydrogens (tertiary/aromatic N) is 1. The van der Waals surface area contributed by atoms with Crippen LogP contribution in [0.3, 0.4) is 0 Å². The number of nitrogens with two attached hydrogens (primary N) is 1. The Kier molecular flexibility index (Phi) is 6.01. The Bertz CT molecular complexity index is 444. The lowest BCUT2D eigenvalue weighted by Gasteiger charge is -2.31. The first-order valence-corrected chi connectivity index (χ1v) is 7.94. The monoisotopic (exact) mass is 339 g/mol. The minimum atomic E-state index is 0.0559. The van der Waals surface area contributed by atoms with Crippen molar-refractivity contribution in [3.63, 3.8) is 0 Å². The molecule has 1 aliphatic rings. The van der Waals surface area contributed by atoms with E-state index in [-0.39, 0.29) is 5.91 Å². The fraction of sp³-hybridized carbons (Fsp3) is 0.533. The quantitative estimate of drug-likeness (QED) is 0.866. The van der Waals surface area contributed by atoms with Gasteiger partial charge >= 0.3 is 0 Å². The third-order valence-corrected chi connectivity index (χ3v) is 4.25. The van der Waals surface area contributed by atoms with Crippen LogP contribution in [0.15, 0.2) is 28.7 Å². The van der Waals surface area contributed by atoms with Crippen LogP contribution in [-0.4, -0.2) is 37.0 Å². The van der Waals surface area contributed by atoms with Crippen molar-refractivity contribution in [2.75, 3.05) is 31.5 Å². The van der Waals surface area contributed by atoms with Gasteiger partial charge in [-0.2, -0.15) is 0 Å². The van der Waals surface area contributed by atoms with Gasteiger partial charge in [0.05, 0.1) is 6.54 Å². The normalized spacial score (nSPS) is 17.1. The summed E-state index contributed by atoms with van der Waals surface area (Å²) >= 11 is 3.40. The molecule has 2 rings (SSSR count). The van der Waals surface area contributed by atoms with E-state index in [0.717, 1.165) is 55.0 Å². The molecule has 1 aromatic rings. The third kappa shape index (κ3) is 4.89. The van der Waals surface area contributed by atoms with Gasteiger partial charge in [0.15, 0.2) is 0 Å². The summed E-state index contributed by atoms with van der Waals surface area (Å²) in [5, 5.41) is 2.94. The van der Waals surface area contributed by atoms with Gasteiger partial charge in [0.25, 0.3) is 0 Å². The largest absolute Gasteiger partial charge is 0.330 e. The second-order valence-corrected chi connectivity index (χ2v) is 6.27. The minimum Gasteiger partial charge on any atom is -0.330 e. The number of anilines is 1. The predicted octanol–water partition coefficient (Wildman–Crippen LogP) is 2.45. The molecule has 0 aliphatic carbocycles. The van der Waals surface area contributed by atoms with E-state index in [9.17, 15) is 4.79 Å². The van der Waals surface area contributed by atoms with E-state index >= 15 is 0 Å². The Hall–Kier alpha value is -0.910. The molecular weight excluding hydrogens is 318 g/mol. The molecule has 1 aliphatic heterocycles. The minimum absolute atomic E-state index is 0.0559. The Labute approximate surface area is 128 Å². The van der Waals surface area contributed by atoms with Crippen molar-refractivity contribution in [3.05, 3.63) is 28.7 Å². The van der Waals surface area contributed by atoms with Crippen LogP contribution in [0.5, 0.6) is 0 Å². The SMILES string of the molecule is NCCC1CCN(CC(=O)Nc2cccc(Br)c2)CC1. The van der Waals surface area contributed by atoms with Gasteiger partial charge < -0.3 is 11.1 Å². The van der Waals surface area contributed by atoms with Crippen molar-refractivity contribution in [2.45, 2.75) is 19.3 Å². The number of likely N-dealkylation sites (tertiary alicyclic amines) is 1. The Morgan fingerprint density at radius 1 is 1.40 bits per heavy atom. The van der Waals surface area contributed by atoms with Gasteiger partial charge in [-0.15, -0.1) is 0 Å². The summed E-state index contributed by atoms with van der Waals surface area (Å²) in [4.78, 5) is 14.2. The summed E-state index contributed by atoms with van der Waals surface area (Å²) in [6, 6.07) is 7.66. The molecule has 0 saturated carbocycles. The van der Waals surface area contributed by atoms with E-state index in [2.05, 4.69) is 26.1 Å². The van der Waals surface area contributed by atoms with Gasteiger partial charge in [-0.3, -0.25) is 9.69 Å². The first-order chi connectivity index (χ1) is 9.67. The fourth-order valence-electron chi connectivity index (χ4n) is 2.64. The second kappa shape index (κ2) is 7.76. The highest BCUT2D eigenvalue weighted by atomic mass is 79.9. The lowest BCUT2D eigenvalue weighted by molar-refractivity contribution is -0.117. The van der Waals surface area contributed by atoms with Crippen molar-refractivity contribution >= 4 is 27.5 Å². The summed E-state index contributed by atoms with van der Waals surface area (Å²) < 4.78 is 0.970. The van der Waals surface area contributed by atoms with Gasteiger partial charge in [-0.05, 0) is 63.0 Å². The number of hydrogen-bond acceptors (Lipinski definition) is 3. The number of nitrogens with one attached hydrogen (secondary N) is 1. The van der Waals surface area contributed by atoms with Crippen molar-refractivity contribution in [2.24, 2.45) is 11.7 Å². The van der Waals surface area contributed by atoms with E-state index in [1.165, 1.54) is 0 Å². The molecule has 3 N–H and O–H groups in total. The molecule has 0 aromatic heterocycles. The van der Waals surface area contributed by atoms with E-state index in [1.54, 1.807) is 0 Å². The average molecular weight is 340 g/mol. The number of carbonyl (C=O) groups excluding carboxylic acids is 1. The number of piperidine rings is 1. The van der Waals surface area contributed by atoms with Crippen LogP contribution < -0.4 is 11.1 Å². The van der Waals surface area contributed by atoms with Gasteiger partial charge in [-0.25, -0.2) is 0 Å². The first kappa shape index (κ1) is 15.5. The Balaban J connectivity index is 1.75. The maximum atomic E-state index is 12.0. The number of hydrogen-bond donors (Lipinski definition) is 2. The highest BCUT2D eigenvalue weighted by Crippen LogP contribution is 2.20. The predicted molar refractivity (Wildman–Crippen MR) is 85.6 cm³/mol. The standard InChI is InChI=1S/C15H22BrN3O/c16-13-2-1-3-14(10-13)18-15(20)11-19-8-5-12(4-7-17)6-9-19/h1-3,10,12H,4-9,11,17H2,(H,18,20). The van der Waals surface area contributed by atoms with Gasteiger partial charge in [-0.1, -0.05) is 22.0 Å². The zero-order chi connectivity index (χ0) is 14.4. The Morgan fingerprint density at radius 3 is 2.80 bits per heavy atom. The summed E-state index contributed by atoms with van der Waals surface area (Å²) in [5.41, 5.74) is 6.43. The molecule has 110 valence electrons. The second-order valence-electron chi connectivity index (χ2n) is 5.36. The van der Waals surface area contributed by atoms with Gasteiger partial charge in [0, 0.05) is 10.2 Å². The molecule has 1 heterocycles. The van der Waals surface area contributed by atoms with Crippen LogP contribution >= 0.6 is 15.9 Å². The molecule has 0 radical (unpaired) electrons. The highest BCUT2D eigenvalue weighted by molar-refractivity contribution is 9.10. The zero-order valence-electron chi connectivity index (χ0n) is 11.6. The number of amides is 1. The molecule has 5 heteroatoms. The smallest absolute Gasteiger partial charge is 0.238 e. The molecular formula is C15H22BrN3O. The van der Waals surface area contributed by atoms with E-state index < -0.39 is 0 Å². The van der Waals surface area contributed by atoms with Crippen LogP contribution in [0.25, 0.3) is 0 Å². The molecule has 1 aromatic carbocycles. The van der Waals surface area contributed by atoms with E-state index in [1.807, 2.05) is 24.3 Å². The van der Waals surface area contributed by atoms with E-state index in [4.69, 9.17) is 5.73 Å². The lowest BCUT2D eigenvalue weighted by atomic mass is 9.94. The van der Waals surface area contributed by atoms with Crippen LogP contribution in [-0.2, 0) is 4.79 Å². The molecule has 1 amide bonds. The summed E-state index contributed by atoms with van der Waals surface area (Å²) in [6.45, 7) is 3.24. The van der Waals surface area contributed by atoms with Crippen molar-refractivity contribution < 1.29 is 4.79 Å². The molecule has 0 unspecified atom stereocenters. The maximum Gasteiger partial charge on any atom is 0.238 e. The molecule has 0 atom stereocenters. The summed E-state index contributed by atoms with van der Waals surface area (Å²) in [7, 11) is 0. The van der Waals surface area contributed by atoms with Crippen molar-refractivity contribution in [1.82, 2.24) is 4.90 Å². The first-order valence-electron chi connectivity index (χ1n) is 7.15. The summed E-state index contributed by atoms with van der Waals surface area (Å²) in [6.07, 6.45) is 3.42.